The van der Waals surface area contributed by atoms with E-state index in [0.717, 1.165) is 61.4 Å². The minimum absolute atomic E-state index is 0.0447. The lowest BCUT2D eigenvalue weighted by Gasteiger charge is -2.40. The summed E-state index contributed by atoms with van der Waals surface area (Å²) in [5, 5.41) is 0. The van der Waals surface area contributed by atoms with E-state index in [9.17, 15) is 0 Å². The number of nitrogens with zero attached hydrogens (tertiary/aromatic N) is 6. The molecule has 1 saturated heterocycles. The average Bonchev–Trinajstić information content (AvgIpc) is 3.94. The molecule has 12 heteroatoms. The molecule has 4 aliphatic rings. The van der Waals surface area contributed by atoms with E-state index in [1.165, 1.54) is 5.56 Å². The van der Waals surface area contributed by atoms with Crippen LogP contribution in [0, 0.1) is 0 Å². The fourth-order valence-electron chi connectivity index (χ4n) is 8.90. The van der Waals surface area contributed by atoms with Crippen LogP contribution in [0.4, 0.5) is 11.6 Å². The third-order valence-electron chi connectivity index (χ3n) is 12.0. The predicted octanol–water partition coefficient (Wildman–Crippen LogP) is 7.47. The highest BCUT2D eigenvalue weighted by Gasteiger charge is 2.36. The second kappa shape index (κ2) is 16.6. The average molecular weight is 803 g/mol. The zero-order valence-electron chi connectivity index (χ0n) is 33.4. The van der Waals surface area contributed by atoms with Crippen molar-refractivity contribution >= 4 is 23.5 Å². The molecule has 60 heavy (non-hydrogen) atoms. The lowest BCUT2D eigenvalue weighted by molar-refractivity contribution is 0.0193. The summed E-state index contributed by atoms with van der Waals surface area (Å²) in [5.74, 6) is 1.49. The second-order valence-corrected chi connectivity index (χ2v) is 15.7. The maximum atomic E-state index is 15.3. The molecule has 0 N–H and O–H groups in total. The molecular weight excluding hydrogens is 757 g/mol. The van der Waals surface area contributed by atoms with E-state index in [-0.39, 0.29) is 30.6 Å². The summed E-state index contributed by atoms with van der Waals surface area (Å²) in [6, 6.07) is 33.4. The van der Waals surface area contributed by atoms with E-state index in [0.29, 0.717) is 79.0 Å². The normalized spacial score (nSPS) is 17.1. The van der Waals surface area contributed by atoms with E-state index in [1.807, 2.05) is 89.8 Å². The molecule has 2 amide bonds. The first-order chi connectivity index (χ1) is 29.6. The molecule has 304 valence electrons. The first-order valence-corrected chi connectivity index (χ1v) is 20.8. The zero-order chi connectivity index (χ0) is 40.4. The quantitative estimate of drug-likeness (QED) is 0.139. The van der Waals surface area contributed by atoms with Crippen LogP contribution in [0.1, 0.15) is 55.9 Å². The number of benzene rings is 4. The van der Waals surface area contributed by atoms with Crippen LogP contribution in [-0.4, -0.2) is 81.8 Å². The number of rotatable bonds is 10. The molecule has 0 unspecified atom stereocenters. The van der Waals surface area contributed by atoms with Gasteiger partial charge in [-0.05, 0) is 72.7 Å². The third-order valence-corrected chi connectivity index (χ3v) is 12.0. The van der Waals surface area contributed by atoms with Crippen LogP contribution in [0.5, 0.6) is 17.2 Å². The van der Waals surface area contributed by atoms with Gasteiger partial charge in [0.1, 0.15) is 6.61 Å². The molecule has 1 fully saturated rings. The van der Waals surface area contributed by atoms with Gasteiger partial charge in [-0.3, -0.25) is 14.5 Å². The fourth-order valence-corrected chi connectivity index (χ4v) is 8.90. The largest absolute Gasteiger partial charge is 0.486 e. The van der Waals surface area contributed by atoms with E-state index < -0.39 is 0 Å². The summed E-state index contributed by atoms with van der Waals surface area (Å²) >= 11 is 0. The van der Waals surface area contributed by atoms with Crippen molar-refractivity contribution in [3.05, 3.63) is 149 Å². The van der Waals surface area contributed by atoms with Crippen LogP contribution < -0.4 is 19.1 Å². The van der Waals surface area contributed by atoms with Gasteiger partial charge >= 0.3 is 0 Å². The Labute approximate surface area is 348 Å². The smallest absolute Gasteiger partial charge is 0.267 e. The number of carbonyl (C=O) groups is 2. The number of ether oxygens (including phenoxy) is 4. The van der Waals surface area contributed by atoms with Gasteiger partial charge in [0.2, 0.25) is 12.7 Å². The van der Waals surface area contributed by atoms with E-state index in [1.54, 1.807) is 17.3 Å². The standard InChI is InChI=1S/C48H46N6O6/c55-46(53-29-35-14-8-7-13-34(35)23-37(53)30-51-19-21-57-22-20-51)40-26-45-44(59-32-60-45)25-39(40)43-24-41(42-17-9-10-18-52(42)43)47(56)54(36-15-5-2-6-16-36)48-49-27-38(28-50-48)58-31-33-11-3-1-4-12-33/h1-8,11-16,24-28,37H,9-10,17-23,29-32H2/t37-/m0/s1. The second-order valence-electron chi connectivity index (χ2n) is 15.7. The topological polar surface area (TPSA) is 111 Å². The number of amides is 2. The zero-order valence-corrected chi connectivity index (χ0v) is 33.4. The van der Waals surface area contributed by atoms with Crippen molar-refractivity contribution in [2.24, 2.45) is 0 Å². The summed E-state index contributed by atoms with van der Waals surface area (Å²) in [6.45, 7) is 5.43. The fraction of sp³-hybridized carbons (Fsp3) is 0.292. The van der Waals surface area contributed by atoms with Gasteiger partial charge in [-0.15, -0.1) is 0 Å². The molecule has 0 saturated carbocycles. The van der Waals surface area contributed by atoms with E-state index in [4.69, 9.17) is 18.9 Å². The van der Waals surface area contributed by atoms with Crippen LogP contribution in [-0.2, 0) is 37.3 Å². The minimum atomic E-state index is -0.261. The molecule has 0 spiro atoms. The Morgan fingerprint density at radius 1 is 0.783 bits per heavy atom. The Morgan fingerprint density at radius 3 is 2.28 bits per heavy atom. The lowest BCUT2D eigenvalue weighted by Crippen LogP contribution is -2.52. The number of aromatic nitrogens is 3. The van der Waals surface area contributed by atoms with Crippen LogP contribution >= 0.6 is 0 Å². The Morgan fingerprint density at radius 2 is 1.50 bits per heavy atom. The monoisotopic (exact) mass is 802 g/mol. The molecule has 0 radical (unpaired) electrons. The Hall–Kier alpha value is -6.50. The van der Waals surface area contributed by atoms with Crippen LogP contribution in [0.25, 0.3) is 11.3 Å². The summed E-state index contributed by atoms with van der Waals surface area (Å²) in [6.07, 6.45) is 6.54. The number of para-hydroxylation sites is 1. The molecule has 0 aliphatic carbocycles. The Kier molecular flexibility index (Phi) is 10.5. The van der Waals surface area contributed by atoms with Gasteiger partial charge in [0, 0.05) is 55.7 Å². The maximum Gasteiger partial charge on any atom is 0.267 e. The van der Waals surface area contributed by atoms with E-state index in [2.05, 4.69) is 37.6 Å². The molecular formula is C48H46N6O6. The highest BCUT2D eigenvalue weighted by molar-refractivity contribution is 6.12. The molecule has 1 atom stereocenters. The number of morpholine rings is 1. The highest BCUT2D eigenvalue weighted by atomic mass is 16.7. The number of carbonyl (C=O) groups excluding carboxylic acids is 2. The van der Waals surface area contributed by atoms with Crippen LogP contribution in [0.15, 0.2) is 116 Å². The number of fused-ring (bicyclic) bond motifs is 3. The van der Waals surface area contributed by atoms with Crippen LogP contribution in [0.2, 0.25) is 0 Å². The molecule has 4 aromatic carbocycles. The first kappa shape index (κ1) is 37.7. The van der Waals surface area contributed by atoms with Crippen LogP contribution in [0.3, 0.4) is 0 Å². The lowest BCUT2D eigenvalue weighted by atomic mass is 9.92. The van der Waals surface area contributed by atoms with Crippen molar-refractivity contribution in [3.63, 3.8) is 0 Å². The minimum Gasteiger partial charge on any atom is -0.486 e. The molecule has 6 aromatic rings. The predicted molar refractivity (Wildman–Crippen MR) is 226 cm³/mol. The summed E-state index contributed by atoms with van der Waals surface area (Å²) < 4.78 is 25.7. The van der Waals surface area contributed by atoms with Gasteiger partial charge < -0.3 is 28.4 Å². The number of hydrogen-bond acceptors (Lipinski definition) is 9. The molecule has 0 bridgehead atoms. The van der Waals surface area contributed by atoms with Crippen molar-refractivity contribution in [1.29, 1.82) is 0 Å². The van der Waals surface area contributed by atoms with Gasteiger partial charge in [-0.25, -0.2) is 14.9 Å². The molecule has 2 aromatic heterocycles. The van der Waals surface area contributed by atoms with Gasteiger partial charge in [-0.2, -0.15) is 0 Å². The SMILES string of the molecule is O=C(c1cc(-c2cc3c(cc2C(=O)N2Cc4ccccc4C[C@H]2CN2CCOCC2)OCO3)n2c1CCCC2)N(c1ccccc1)c1ncc(OCc2ccccc2)cn1. The van der Waals surface area contributed by atoms with Crippen molar-refractivity contribution in [1.82, 2.24) is 24.3 Å². The van der Waals surface area contributed by atoms with Gasteiger partial charge in [0.15, 0.2) is 17.2 Å². The Bertz CT molecular complexity index is 2500. The Balaban J connectivity index is 1.03. The van der Waals surface area contributed by atoms with Crippen molar-refractivity contribution < 1.29 is 28.5 Å². The molecule has 12 nitrogen and oxygen atoms in total. The third kappa shape index (κ3) is 7.48. The first-order valence-electron chi connectivity index (χ1n) is 20.8. The number of anilines is 2. The molecule has 10 rings (SSSR count). The molecule has 4 aliphatic heterocycles. The van der Waals surface area contributed by atoms with Gasteiger partial charge in [0.25, 0.3) is 11.8 Å². The summed E-state index contributed by atoms with van der Waals surface area (Å²) in [5.41, 5.74) is 7.55. The summed E-state index contributed by atoms with van der Waals surface area (Å²) in [4.78, 5) is 45.7. The summed E-state index contributed by atoms with van der Waals surface area (Å²) in [7, 11) is 0. The van der Waals surface area contributed by atoms with Gasteiger partial charge in [-0.1, -0.05) is 72.8 Å². The maximum absolute atomic E-state index is 15.3. The van der Waals surface area contributed by atoms with Gasteiger partial charge in [0.05, 0.1) is 42.4 Å². The van der Waals surface area contributed by atoms with Crippen molar-refractivity contribution in [2.75, 3.05) is 44.5 Å². The van der Waals surface area contributed by atoms with Crippen molar-refractivity contribution in [3.8, 4) is 28.5 Å². The van der Waals surface area contributed by atoms with E-state index >= 15 is 9.59 Å². The number of hydrogen-bond donors (Lipinski definition) is 0. The highest BCUT2D eigenvalue weighted by Crippen LogP contribution is 2.43. The molecule has 6 heterocycles. The van der Waals surface area contributed by atoms with Crippen molar-refractivity contribution in [2.45, 2.75) is 51.4 Å².